The van der Waals surface area contributed by atoms with Gasteiger partial charge in [0, 0.05) is 12.1 Å². The van der Waals surface area contributed by atoms with Gasteiger partial charge in [-0.15, -0.1) is 0 Å². The van der Waals surface area contributed by atoms with Crippen LogP contribution in [0.5, 0.6) is 0 Å². The van der Waals surface area contributed by atoms with E-state index in [4.69, 9.17) is 4.74 Å². The predicted molar refractivity (Wildman–Crippen MR) is 96.4 cm³/mol. The van der Waals surface area contributed by atoms with Gasteiger partial charge in [-0.3, -0.25) is 19.8 Å². The van der Waals surface area contributed by atoms with Gasteiger partial charge in [-0.05, 0) is 38.0 Å². The number of hydrogen-bond acceptors (Lipinski definition) is 5. The molecular weight excluding hydrogens is 334 g/mol. The van der Waals surface area contributed by atoms with Gasteiger partial charge in [-0.25, -0.2) is 4.79 Å². The standard InChI is InChI=1S/C19H31N3O4/c1-26-18(24)16-11-13-7-5-6-10-15(13)22(16)12-17(23)21-19(25)20-14-8-3-2-4-9-14/h13-16H,2-12H2,1H3,(H2,20,21,23,25)/t13-,15-,16+/m1/s1. The Kier molecular flexibility index (Phi) is 6.51. The van der Waals surface area contributed by atoms with Crippen molar-refractivity contribution in [2.24, 2.45) is 5.92 Å². The summed E-state index contributed by atoms with van der Waals surface area (Å²) in [5.74, 6) is -0.186. The smallest absolute Gasteiger partial charge is 0.323 e. The third kappa shape index (κ3) is 4.55. The van der Waals surface area contributed by atoms with Crippen molar-refractivity contribution in [2.75, 3.05) is 13.7 Å². The number of nitrogens with one attached hydrogen (secondary N) is 2. The molecule has 7 heteroatoms. The number of hydrogen-bond donors (Lipinski definition) is 2. The lowest BCUT2D eigenvalue weighted by atomic mass is 9.85. The van der Waals surface area contributed by atoms with Gasteiger partial charge < -0.3 is 10.1 Å². The van der Waals surface area contributed by atoms with Gasteiger partial charge in [0.15, 0.2) is 0 Å². The van der Waals surface area contributed by atoms with Gasteiger partial charge in [0.2, 0.25) is 5.91 Å². The maximum Gasteiger partial charge on any atom is 0.323 e. The molecule has 2 N–H and O–H groups in total. The highest BCUT2D eigenvalue weighted by Crippen LogP contribution is 2.39. The summed E-state index contributed by atoms with van der Waals surface area (Å²) in [5, 5.41) is 5.34. The van der Waals surface area contributed by atoms with E-state index in [0.29, 0.717) is 5.92 Å². The number of esters is 1. The van der Waals surface area contributed by atoms with E-state index < -0.39 is 6.03 Å². The molecular formula is C19H31N3O4. The molecule has 0 bridgehead atoms. The highest BCUT2D eigenvalue weighted by molar-refractivity contribution is 5.95. The molecule has 26 heavy (non-hydrogen) atoms. The van der Waals surface area contributed by atoms with Gasteiger partial charge in [0.05, 0.1) is 13.7 Å². The van der Waals surface area contributed by atoms with E-state index in [9.17, 15) is 14.4 Å². The fourth-order valence-corrected chi connectivity index (χ4v) is 4.95. The molecule has 0 unspecified atom stereocenters. The second-order valence-electron chi connectivity index (χ2n) is 7.92. The van der Waals surface area contributed by atoms with E-state index in [-0.39, 0.29) is 36.5 Å². The Bertz CT molecular complexity index is 533. The summed E-state index contributed by atoms with van der Waals surface area (Å²) < 4.78 is 4.94. The van der Waals surface area contributed by atoms with Crippen molar-refractivity contribution in [1.29, 1.82) is 0 Å². The van der Waals surface area contributed by atoms with Crippen molar-refractivity contribution < 1.29 is 19.1 Å². The summed E-state index contributed by atoms with van der Waals surface area (Å²) in [5.41, 5.74) is 0. The summed E-state index contributed by atoms with van der Waals surface area (Å²) >= 11 is 0. The quantitative estimate of drug-likeness (QED) is 0.744. The lowest BCUT2D eigenvalue weighted by molar-refractivity contribution is -0.146. The third-order valence-corrected chi connectivity index (χ3v) is 6.21. The maximum absolute atomic E-state index is 12.4. The van der Waals surface area contributed by atoms with Crippen molar-refractivity contribution in [3.63, 3.8) is 0 Å². The number of amides is 3. The predicted octanol–water partition coefficient (Wildman–Crippen LogP) is 1.95. The SMILES string of the molecule is COC(=O)[C@@H]1C[C@H]2CCCC[C@H]2N1CC(=O)NC(=O)NC1CCCCC1. The molecule has 1 aliphatic heterocycles. The van der Waals surface area contributed by atoms with Gasteiger partial charge in [0.1, 0.15) is 6.04 Å². The molecule has 3 amide bonds. The molecule has 0 aromatic rings. The van der Waals surface area contributed by atoms with Crippen LogP contribution >= 0.6 is 0 Å². The second kappa shape index (κ2) is 8.84. The number of nitrogens with zero attached hydrogens (tertiary/aromatic N) is 1. The van der Waals surface area contributed by atoms with Gasteiger partial charge >= 0.3 is 12.0 Å². The van der Waals surface area contributed by atoms with Crippen LogP contribution in [0.15, 0.2) is 0 Å². The van der Waals surface area contributed by atoms with Crippen LogP contribution < -0.4 is 10.6 Å². The summed E-state index contributed by atoms with van der Waals surface area (Å²) in [6.45, 7) is 0.0685. The van der Waals surface area contributed by atoms with Crippen LogP contribution in [0.1, 0.15) is 64.2 Å². The molecule has 3 rings (SSSR count). The Balaban J connectivity index is 1.55. The maximum atomic E-state index is 12.4. The Morgan fingerprint density at radius 3 is 2.42 bits per heavy atom. The highest BCUT2D eigenvalue weighted by atomic mass is 16.5. The van der Waals surface area contributed by atoms with Crippen LogP contribution in [0, 0.1) is 5.92 Å². The number of ether oxygens (including phenoxy) is 1. The summed E-state index contributed by atoms with van der Waals surface area (Å²) in [4.78, 5) is 38.6. The zero-order chi connectivity index (χ0) is 18.5. The van der Waals surface area contributed by atoms with E-state index in [0.717, 1.165) is 51.4 Å². The van der Waals surface area contributed by atoms with Crippen molar-refractivity contribution in [2.45, 2.75) is 82.3 Å². The first-order chi connectivity index (χ1) is 12.6. The topological polar surface area (TPSA) is 87.7 Å². The summed E-state index contributed by atoms with van der Waals surface area (Å²) in [6.07, 6.45) is 10.5. The second-order valence-corrected chi connectivity index (χ2v) is 7.92. The van der Waals surface area contributed by atoms with Gasteiger partial charge in [-0.1, -0.05) is 32.1 Å². The number of carbonyl (C=O) groups excluding carboxylic acids is 3. The zero-order valence-electron chi connectivity index (χ0n) is 15.7. The van der Waals surface area contributed by atoms with Crippen molar-refractivity contribution in [3.05, 3.63) is 0 Å². The molecule has 0 radical (unpaired) electrons. The first-order valence-corrected chi connectivity index (χ1v) is 10.0. The van der Waals surface area contributed by atoms with Crippen LogP contribution in [0.3, 0.4) is 0 Å². The Morgan fingerprint density at radius 2 is 1.69 bits per heavy atom. The van der Waals surface area contributed by atoms with Crippen LogP contribution in [-0.2, 0) is 14.3 Å². The fraction of sp³-hybridized carbons (Fsp3) is 0.842. The van der Waals surface area contributed by atoms with Crippen molar-refractivity contribution in [3.8, 4) is 0 Å². The number of carbonyl (C=O) groups is 3. The highest BCUT2D eigenvalue weighted by Gasteiger charge is 2.46. The average Bonchev–Trinajstić information content (AvgIpc) is 3.00. The zero-order valence-corrected chi connectivity index (χ0v) is 15.7. The fourth-order valence-electron chi connectivity index (χ4n) is 4.95. The molecule has 2 saturated carbocycles. The minimum absolute atomic E-state index is 0.0685. The van der Waals surface area contributed by atoms with Crippen molar-refractivity contribution >= 4 is 17.9 Å². The molecule has 146 valence electrons. The number of fused-ring (bicyclic) bond motifs is 1. The lowest BCUT2D eigenvalue weighted by Gasteiger charge is -2.32. The third-order valence-electron chi connectivity index (χ3n) is 6.21. The molecule has 3 aliphatic rings. The first kappa shape index (κ1) is 19.1. The monoisotopic (exact) mass is 365 g/mol. The minimum atomic E-state index is -0.420. The summed E-state index contributed by atoms with van der Waals surface area (Å²) in [7, 11) is 1.39. The van der Waals surface area contributed by atoms with E-state index >= 15 is 0 Å². The van der Waals surface area contributed by atoms with Gasteiger partial charge in [-0.2, -0.15) is 0 Å². The molecule has 1 heterocycles. The van der Waals surface area contributed by atoms with Crippen LogP contribution in [0.25, 0.3) is 0 Å². The van der Waals surface area contributed by atoms with E-state index in [1.54, 1.807) is 0 Å². The molecule has 2 aliphatic carbocycles. The molecule has 0 aromatic carbocycles. The Labute approximate surface area is 155 Å². The molecule has 3 atom stereocenters. The van der Waals surface area contributed by atoms with Crippen LogP contribution in [-0.4, -0.2) is 54.6 Å². The van der Waals surface area contributed by atoms with E-state index in [2.05, 4.69) is 10.6 Å². The molecule has 0 spiro atoms. The van der Waals surface area contributed by atoms with Gasteiger partial charge in [0.25, 0.3) is 0 Å². The number of likely N-dealkylation sites (tertiary alicyclic amines) is 1. The first-order valence-electron chi connectivity index (χ1n) is 10.0. The Hall–Kier alpha value is -1.63. The molecule has 7 nitrogen and oxygen atoms in total. The number of rotatable bonds is 4. The lowest BCUT2D eigenvalue weighted by Crippen LogP contribution is -2.51. The summed E-state index contributed by atoms with van der Waals surface area (Å²) in [6, 6.07) is -0.398. The molecule has 3 fully saturated rings. The minimum Gasteiger partial charge on any atom is -0.468 e. The number of imide groups is 1. The van der Waals surface area contributed by atoms with E-state index in [1.807, 2.05) is 4.90 Å². The molecule has 0 aromatic heterocycles. The Morgan fingerprint density at radius 1 is 1.00 bits per heavy atom. The van der Waals surface area contributed by atoms with Crippen molar-refractivity contribution in [1.82, 2.24) is 15.5 Å². The van der Waals surface area contributed by atoms with Crippen LogP contribution in [0.2, 0.25) is 0 Å². The largest absolute Gasteiger partial charge is 0.468 e. The number of urea groups is 1. The van der Waals surface area contributed by atoms with Crippen LogP contribution in [0.4, 0.5) is 4.79 Å². The number of methoxy groups -OCH3 is 1. The van der Waals surface area contributed by atoms with E-state index in [1.165, 1.54) is 20.0 Å². The average molecular weight is 365 g/mol. The normalized spacial score (nSPS) is 29.7. The molecule has 1 saturated heterocycles.